The van der Waals surface area contributed by atoms with E-state index in [9.17, 15) is 4.79 Å². The zero-order chi connectivity index (χ0) is 19.5. The molecule has 6 heteroatoms. The maximum absolute atomic E-state index is 11.8. The second-order valence-corrected chi connectivity index (χ2v) is 6.80. The smallest absolute Gasteiger partial charge is 0.243 e. The quantitative estimate of drug-likeness (QED) is 0.523. The minimum atomic E-state index is -0.0122. The summed E-state index contributed by atoms with van der Waals surface area (Å²) in [5.74, 6) is 1.97. The Morgan fingerprint density at radius 3 is 2.42 bits per heavy atom. The van der Waals surface area contributed by atoms with E-state index in [2.05, 4.69) is 48.5 Å². The summed E-state index contributed by atoms with van der Waals surface area (Å²) < 4.78 is 5.20. The molecular weight excluding hydrogens is 328 g/mol. The molecule has 1 rings (SSSR count). The fraction of sp³-hybridized carbons (Fsp3) is 0.600. The van der Waals surface area contributed by atoms with Crippen molar-refractivity contribution in [1.82, 2.24) is 15.5 Å². The molecule has 0 radical (unpaired) electrons. The van der Waals surface area contributed by atoms with Gasteiger partial charge in [-0.3, -0.25) is 4.79 Å². The van der Waals surface area contributed by atoms with E-state index in [4.69, 9.17) is 4.74 Å². The summed E-state index contributed by atoms with van der Waals surface area (Å²) in [5.41, 5.74) is 1.28. The Labute approximate surface area is 158 Å². The Morgan fingerprint density at radius 1 is 1.23 bits per heavy atom. The number of hydrogen-bond donors (Lipinski definition) is 2. The number of likely N-dealkylation sites (N-methyl/N-ethyl adjacent to an activating group) is 1. The average molecular weight is 363 g/mol. The number of amides is 1. The maximum atomic E-state index is 11.8. The Bertz CT molecular complexity index is 570. The van der Waals surface area contributed by atoms with Crippen molar-refractivity contribution in [3.63, 3.8) is 0 Å². The topological polar surface area (TPSA) is 66.0 Å². The Balaban J connectivity index is 2.58. The summed E-state index contributed by atoms with van der Waals surface area (Å²) in [4.78, 5) is 17.7. The van der Waals surface area contributed by atoms with Gasteiger partial charge in [-0.25, -0.2) is 4.99 Å². The third-order valence-electron chi connectivity index (χ3n) is 4.42. The molecule has 2 N–H and O–H groups in total. The highest BCUT2D eigenvalue weighted by molar-refractivity contribution is 5.84. The van der Waals surface area contributed by atoms with Gasteiger partial charge in [0.05, 0.1) is 7.11 Å². The van der Waals surface area contributed by atoms with Crippen molar-refractivity contribution < 1.29 is 9.53 Å². The van der Waals surface area contributed by atoms with Gasteiger partial charge >= 0.3 is 0 Å². The van der Waals surface area contributed by atoms with E-state index in [-0.39, 0.29) is 12.5 Å². The molecule has 26 heavy (non-hydrogen) atoms. The van der Waals surface area contributed by atoms with Crippen molar-refractivity contribution in [3.05, 3.63) is 29.8 Å². The summed E-state index contributed by atoms with van der Waals surface area (Å²) in [7, 11) is 5.15. The van der Waals surface area contributed by atoms with Crippen molar-refractivity contribution in [2.75, 3.05) is 34.3 Å². The highest BCUT2D eigenvalue weighted by Gasteiger charge is 2.09. The lowest BCUT2D eigenvalue weighted by atomic mass is 9.98. The number of nitrogens with zero attached hydrogens (tertiary/aromatic N) is 2. The van der Waals surface area contributed by atoms with Crippen LogP contribution < -0.4 is 15.4 Å². The van der Waals surface area contributed by atoms with Gasteiger partial charge in [-0.15, -0.1) is 0 Å². The van der Waals surface area contributed by atoms with E-state index in [1.807, 2.05) is 12.1 Å². The highest BCUT2D eigenvalue weighted by Crippen LogP contribution is 2.21. The van der Waals surface area contributed by atoms with E-state index in [0.717, 1.165) is 25.1 Å². The summed E-state index contributed by atoms with van der Waals surface area (Å²) in [5, 5.41) is 6.69. The molecule has 0 heterocycles. The summed E-state index contributed by atoms with van der Waals surface area (Å²) in [6.07, 6.45) is 1.96. The van der Waals surface area contributed by atoms with Crippen LogP contribution in [0.4, 0.5) is 0 Å². The van der Waals surface area contributed by atoms with Gasteiger partial charge in [0.15, 0.2) is 5.96 Å². The third-order valence-corrected chi connectivity index (χ3v) is 4.42. The molecule has 0 aliphatic rings. The van der Waals surface area contributed by atoms with Gasteiger partial charge in [-0.05, 0) is 43.4 Å². The molecule has 0 spiro atoms. The lowest BCUT2D eigenvalue weighted by Gasteiger charge is -2.19. The summed E-state index contributed by atoms with van der Waals surface area (Å²) >= 11 is 0. The van der Waals surface area contributed by atoms with E-state index in [1.165, 1.54) is 5.56 Å². The second-order valence-electron chi connectivity index (χ2n) is 6.80. The van der Waals surface area contributed by atoms with Gasteiger partial charge < -0.3 is 20.3 Å². The molecule has 0 bridgehead atoms. The maximum Gasteiger partial charge on any atom is 0.243 e. The van der Waals surface area contributed by atoms with Crippen LogP contribution >= 0.6 is 0 Å². The fourth-order valence-corrected chi connectivity index (χ4v) is 2.28. The largest absolute Gasteiger partial charge is 0.497 e. The first-order valence-corrected chi connectivity index (χ1v) is 9.26. The predicted molar refractivity (Wildman–Crippen MR) is 108 cm³/mol. The third kappa shape index (κ3) is 7.76. The van der Waals surface area contributed by atoms with Crippen molar-refractivity contribution in [2.24, 2.45) is 4.99 Å². The normalized spacial score (nSPS) is 13.7. The van der Waals surface area contributed by atoms with E-state index in [0.29, 0.717) is 17.9 Å². The number of carbonyl (C=O) groups is 1. The number of rotatable bonds is 9. The minimum Gasteiger partial charge on any atom is -0.497 e. The van der Waals surface area contributed by atoms with Gasteiger partial charge in [-0.1, -0.05) is 26.0 Å². The number of guanidine groups is 1. The molecule has 1 amide bonds. The Hall–Kier alpha value is -2.24. The van der Waals surface area contributed by atoms with Crippen LogP contribution in [-0.4, -0.2) is 57.1 Å². The van der Waals surface area contributed by atoms with Crippen molar-refractivity contribution in [3.8, 4) is 5.75 Å². The van der Waals surface area contributed by atoms with Gasteiger partial charge in [0, 0.05) is 26.7 Å². The molecule has 146 valence electrons. The van der Waals surface area contributed by atoms with Crippen LogP contribution in [0.5, 0.6) is 5.75 Å². The molecule has 0 aliphatic heterocycles. The monoisotopic (exact) mass is 362 g/mol. The van der Waals surface area contributed by atoms with E-state index in [1.54, 1.807) is 26.1 Å². The Morgan fingerprint density at radius 2 is 1.88 bits per heavy atom. The number of aliphatic imine (C=N–C) groups is 1. The minimum absolute atomic E-state index is 0.0122. The van der Waals surface area contributed by atoms with Crippen molar-refractivity contribution in [2.45, 2.75) is 45.6 Å². The number of carbonyl (C=O) groups excluding carboxylic acids is 1. The molecule has 2 unspecified atom stereocenters. The van der Waals surface area contributed by atoms with Gasteiger partial charge in [0.1, 0.15) is 12.3 Å². The zero-order valence-corrected chi connectivity index (χ0v) is 17.0. The molecule has 0 aliphatic carbocycles. The summed E-state index contributed by atoms with van der Waals surface area (Å²) in [6.45, 7) is 7.35. The lowest BCUT2D eigenvalue weighted by Crippen LogP contribution is -2.43. The summed E-state index contributed by atoms with van der Waals surface area (Å²) in [6, 6.07) is 8.49. The predicted octanol–water partition coefficient (Wildman–Crippen LogP) is 2.61. The number of benzene rings is 1. The first-order chi connectivity index (χ1) is 12.4. The van der Waals surface area contributed by atoms with E-state index < -0.39 is 0 Å². The molecule has 1 aromatic carbocycles. The number of methoxy groups -OCH3 is 1. The van der Waals surface area contributed by atoms with Crippen LogP contribution in [0.25, 0.3) is 0 Å². The van der Waals surface area contributed by atoms with Crippen LogP contribution in [-0.2, 0) is 4.79 Å². The first-order valence-electron chi connectivity index (χ1n) is 9.26. The molecule has 2 atom stereocenters. The van der Waals surface area contributed by atoms with Gasteiger partial charge in [0.25, 0.3) is 0 Å². The van der Waals surface area contributed by atoms with Crippen molar-refractivity contribution in [1.29, 1.82) is 0 Å². The second kappa shape index (κ2) is 11.4. The molecule has 1 aromatic rings. The SMILES string of the molecule is CCC(C)NC(=NCC(=O)N(C)C)NCCC(C)c1ccc(OC)cc1. The lowest BCUT2D eigenvalue weighted by molar-refractivity contribution is -0.127. The van der Waals surface area contributed by atoms with Crippen LogP contribution in [0.1, 0.15) is 45.1 Å². The molecule has 0 aromatic heterocycles. The van der Waals surface area contributed by atoms with Crippen LogP contribution in [0, 0.1) is 0 Å². The molecule has 0 saturated carbocycles. The van der Waals surface area contributed by atoms with E-state index >= 15 is 0 Å². The average Bonchev–Trinajstić information content (AvgIpc) is 2.65. The van der Waals surface area contributed by atoms with Gasteiger partial charge in [-0.2, -0.15) is 0 Å². The van der Waals surface area contributed by atoms with Crippen LogP contribution in [0.15, 0.2) is 29.3 Å². The number of ether oxygens (including phenoxy) is 1. The highest BCUT2D eigenvalue weighted by atomic mass is 16.5. The molecule has 0 saturated heterocycles. The number of nitrogens with one attached hydrogen (secondary N) is 2. The number of hydrogen-bond acceptors (Lipinski definition) is 3. The van der Waals surface area contributed by atoms with Gasteiger partial charge in [0.2, 0.25) is 5.91 Å². The zero-order valence-electron chi connectivity index (χ0n) is 17.0. The first kappa shape index (κ1) is 21.8. The Kier molecular flexibility index (Phi) is 9.55. The molecular formula is C20H34N4O2. The molecule has 6 nitrogen and oxygen atoms in total. The van der Waals surface area contributed by atoms with Crippen LogP contribution in [0.2, 0.25) is 0 Å². The fourth-order valence-electron chi connectivity index (χ4n) is 2.28. The molecule has 0 fully saturated rings. The van der Waals surface area contributed by atoms with Crippen molar-refractivity contribution >= 4 is 11.9 Å². The standard InChI is InChI=1S/C20H34N4O2/c1-7-16(3)23-20(22-14-19(25)24(4)5)21-13-12-15(2)17-8-10-18(26-6)11-9-17/h8-11,15-16H,7,12-14H2,1-6H3,(H2,21,22,23). The van der Waals surface area contributed by atoms with Crippen LogP contribution in [0.3, 0.4) is 0 Å².